The lowest BCUT2D eigenvalue weighted by atomic mass is 10.3. The lowest BCUT2D eigenvalue weighted by Gasteiger charge is -2.04. The van der Waals surface area contributed by atoms with Gasteiger partial charge >= 0.3 is 5.25 Å². The minimum absolute atomic E-state index is 0.154. The Bertz CT molecular complexity index is 57.9. The predicted molar refractivity (Wildman–Crippen MR) is 32.1 cm³/mol. The van der Waals surface area contributed by atoms with Crippen molar-refractivity contribution in [3.63, 3.8) is 0 Å². The second-order valence-corrected chi connectivity index (χ2v) is 2.34. The first kappa shape index (κ1) is 8.21. The molecule has 0 aromatic rings. The lowest BCUT2D eigenvalue weighted by molar-refractivity contribution is 0.0955. The molecule has 0 bridgehead atoms. The van der Waals surface area contributed by atoms with Crippen LogP contribution in [0.5, 0.6) is 0 Å². The van der Waals surface area contributed by atoms with Gasteiger partial charge in [0.05, 0.1) is 0 Å². The molecule has 0 aliphatic heterocycles. The third-order valence-electron chi connectivity index (χ3n) is 0.821. The van der Waals surface area contributed by atoms with Crippen molar-refractivity contribution in [1.82, 2.24) is 0 Å². The molecule has 0 aromatic carbocycles. The molecule has 0 saturated carbocycles. The third-order valence-corrected chi connectivity index (χ3v) is 1.03. The van der Waals surface area contributed by atoms with E-state index in [1.807, 2.05) is 6.92 Å². The van der Waals surface area contributed by atoms with E-state index in [4.69, 9.17) is 0 Å². The SMILES string of the molecule is CCCCC(F)(F)[S]. The van der Waals surface area contributed by atoms with Crippen molar-refractivity contribution < 1.29 is 8.78 Å². The Morgan fingerprint density at radius 3 is 2.12 bits per heavy atom. The molecule has 0 aliphatic carbocycles. The molecule has 8 heavy (non-hydrogen) atoms. The Labute approximate surface area is 53.7 Å². The molecule has 49 valence electrons. The number of unbranched alkanes of at least 4 members (excludes halogenated alkanes) is 1. The van der Waals surface area contributed by atoms with E-state index < -0.39 is 5.25 Å². The van der Waals surface area contributed by atoms with E-state index in [2.05, 4.69) is 12.6 Å². The molecule has 0 nitrogen and oxygen atoms in total. The van der Waals surface area contributed by atoms with Crippen LogP contribution in [0.3, 0.4) is 0 Å². The van der Waals surface area contributed by atoms with Crippen LogP contribution in [0, 0.1) is 0 Å². The fourth-order valence-electron chi connectivity index (χ4n) is 0.383. The van der Waals surface area contributed by atoms with E-state index in [1.54, 1.807) is 0 Å². The summed E-state index contributed by atoms with van der Waals surface area (Å²) in [4.78, 5) is 0. The summed E-state index contributed by atoms with van der Waals surface area (Å²) in [5.74, 6) is 0. The number of hydrogen-bond donors (Lipinski definition) is 0. The van der Waals surface area contributed by atoms with E-state index in [0.717, 1.165) is 6.42 Å². The topological polar surface area (TPSA) is 0 Å². The van der Waals surface area contributed by atoms with Gasteiger partial charge in [0.1, 0.15) is 0 Å². The first-order valence-corrected chi connectivity index (χ1v) is 3.05. The maximum atomic E-state index is 11.7. The largest absolute Gasteiger partial charge is 0.303 e. The molecule has 0 N–H and O–H groups in total. The van der Waals surface area contributed by atoms with Crippen molar-refractivity contribution in [2.75, 3.05) is 0 Å². The normalized spacial score (nSPS) is 12.0. The van der Waals surface area contributed by atoms with Crippen molar-refractivity contribution >= 4 is 12.6 Å². The van der Waals surface area contributed by atoms with Crippen LogP contribution in [0.15, 0.2) is 0 Å². The maximum absolute atomic E-state index is 11.7. The summed E-state index contributed by atoms with van der Waals surface area (Å²) < 4.78 is 23.4. The summed E-state index contributed by atoms with van der Waals surface area (Å²) in [7, 11) is 0. The highest BCUT2D eigenvalue weighted by molar-refractivity contribution is 7.81. The summed E-state index contributed by atoms with van der Waals surface area (Å²) in [5.41, 5.74) is 0. The monoisotopic (exact) mass is 139 g/mol. The molecule has 1 radical (unpaired) electrons. The van der Waals surface area contributed by atoms with Gasteiger partial charge in [-0.1, -0.05) is 13.3 Å². The molecule has 0 aromatic heterocycles. The van der Waals surface area contributed by atoms with Gasteiger partial charge in [0.15, 0.2) is 0 Å². The van der Waals surface area contributed by atoms with Crippen LogP contribution >= 0.6 is 12.6 Å². The van der Waals surface area contributed by atoms with Gasteiger partial charge in [0, 0.05) is 6.42 Å². The molecular weight excluding hydrogens is 130 g/mol. The van der Waals surface area contributed by atoms with Crippen LogP contribution in [0.1, 0.15) is 26.2 Å². The van der Waals surface area contributed by atoms with Gasteiger partial charge < -0.3 is 0 Å². The zero-order valence-corrected chi connectivity index (χ0v) is 5.60. The van der Waals surface area contributed by atoms with E-state index in [9.17, 15) is 8.78 Å². The first-order chi connectivity index (χ1) is 3.56. The minimum Gasteiger partial charge on any atom is -0.193 e. The van der Waals surface area contributed by atoms with Gasteiger partial charge in [-0.25, -0.2) is 0 Å². The summed E-state index contributed by atoms with van der Waals surface area (Å²) in [6.07, 6.45) is 1.15. The second kappa shape index (κ2) is 3.28. The summed E-state index contributed by atoms with van der Waals surface area (Å²) in [6.45, 7) is 1.86. The molecule has 0 unspecified atom stereocenters. The Morgan fingerprint density at radius 1 is 1.50 bits per heavy atom. The first-order valence-electron chi connectivity index (χ1n) is 2.64. The lowest BCUT2D eigenvalue weighted by Crippen LogP contribution is -2.03. The van der Waals surface area contributed by atoms with Gasteiger partial charge in [-0.15, -0.1) is 0 Å². The summed E-state index contributed by atoms with van der Waals surface area (Å²) >= 11 is 3.82. The van der Waals surface area contributed by atoms with Crippen molar-refractivity contribution in [2.24, 2.45) is 0 Å². The fraction of sp³-hybridized carbons (Fsp3) is 1.00. The smallest absolute Gasteiger partial charge is 0.193 e. The van der Waals surface area contributed by atoms with Crippen molar-refractivity contribution in [2.45, 2.75) is 31.4 Å². The Balaban J connectivity index is 3.11. The molecule has 0 amide bonds. The zero-order valence-electron chi connectivity index (χ0n) is 4.79. The maximum Gasteiger partial charge on any atom is 0.303 e. The van der Waals surface area contributed by atoms with Crippen LogP contribution in [0.4, 0.5) is 8.78 Å². The number of rotatable bonds is 3. The molecule has 0 saturated heterocycles. The highest BCUT2D eigenvalue weighted by Crippen LogP contribution is 2.24. The zero-order chi connectivity index (χ0) is 6.62. The van der Waals surface area contributed by atoms with Gasteiger partial charge in [0.25, 0.3) is 0 Å². The van der Waals surface area contributed by atoms with E-state index in [1.165, 1.54) is 0 Å². The van der Waals surface area contributed by atoms with Crippen molar-refractivity contribution in [1.29, 1.82) is 0 Å². The van der Waals surface area contributed by atoms with Gasteiger partial charge in [-0.05, 0) is 19.0 Å². The van der Waals surface area contributed by atoms with Gasteiger partial charge in [0.2, 0.25) is 0 Å². The predicted octanol–water partition coefficient (Wildman–Crippen LogP) is 2.97. The van der Waals surface area contributed by atoms with E-state index in [0.29, 0.717) is 6.42 Å². The fourth-order valence-corrected chi connectivity index (χ4v) is 0.527. The third kappa shape index (κ3) is 6.21. The van der Waals surface area contributed by atoms with Gasteiger partial charge in [-0.2, -0.15) is 8.78 Å². The standard InChI is InChI=1S/C5H9F2S/c1-2-3-4-5(6,7)8/h2-4H2,1H3. The van der Waals surface area contributed by atoms with E-state index >= 15 is 0 Å². The van der Waals surface area contributed by atoms with Crippen LogP contribution < -0.4 is 0 Å². The number of hydrogen-bond acceptors (Lipinski definition) is 0. The Kier molecular flexibility index (Phi) is 3.36. The van der Waals surface area contributed by atoms with Gasteiger partial charge in [-0.3, -0.25) is 0 Å². The quantitative estimate of drug-likeness (QED) is 0.564. The Morgan fingerprint density at radius 2 is 2.00 bits per heavy atom. The molecule has 3 heteroatoms. The van der Waals surface area contributed by atoms with Crippen LogP contribution in [-0.4, -0.2) is 5.25 Å². The summed E-state index contributed by atoms with van der Waals surface area (Å²) in [5, 5.41) is -2.87. The second-order valence-electron chi connectivity index (χ2n) is 1.74. The molecule has 0 spiro atoms. The van der Waals surface area contributed by atoms with Crippen LogP contribution in [-0.2, 0) is 0 Å². The van der Waals surface area contributed by atoms with Crippen molar-refractivity contribution in [3.8, 4) is 0 Å². The molecule has 0 aliphatic rings. The summed E-state index contributed by atoms with van der Waals surface area (Å²) in [6, 6.07) is 0. The molecule has 0 atom stereocenters. The Hall–Kier alpha value is 0.210. The van der Waals surface area contributed by atoms with Crippen molar-refractivity contribution in [3.05, 3.63) is 0 Å². The molecule has 0 rings (SSSR count). The molecule has 0 fully saturated rings. The van der Waals surface area contributed by atoms with E-state index in [-0.39, 0.29) is 6.42 Å². The molecular formula is C5H9F2S. The minimum atomic E-state index is -2.87. The number of halogens is 2. The van der Waals surface area contributed by atoms with Crippen LogP contribution in [0.25, 0.3) is 0 Å². The van der Waals surface area contributed by atoms with Crippen LogP contribution in [0.2, 0.25) is 0 Å². The average molecular weight is 139 g/mol. The average Bonchev–Trinajstić information content (AvgIpc) is 1.59. The highest BCUT2D eigenvalue weighted by Gasteiger charge is 2.21. The molecule has 0 heterocycles. The highest BCUT2D eigenvalue weighted by atomic mass is 32.1. The number of alkyl halides is 2.